The summed E-state index contributed by atoms with van der Waals surface area (Å²) in [5.74, 6) is 3.53. The van der Waals surface area contributed by atoms with E-state index >= 15 is 0 Å². The zero-order valence-electron chi connectivity index (χ0n) is 14.5. The van der Waals surface area contributed by atoms with Crippen LogP contribution in [-0.2, 0) is 0 Å². The Kier molecular flexibility index (Phi) is 3.20. The van der Waals surface area contributed by atoms with Gasteiger partial charge in [-0.2, -0.15) is 0 Å². The molecular formula is C20H34. The first-order chi connectivity index (χ1) is 9.25. The molecule has 114 valence electrons. The Morgan fingerprint density at radius 3 is 2.15 bits per heavy atom. The van der Waals surface area contributed by atoms with E-state index in [0.717, 1.165) is 23.7 Å². The fourth-order valence-electron chi connectivity index (χ4n) is 6.07. The average molecular weight is 274 g/mol. The SMILES string of the molecule is CC(C)C1CCC2(C)C(C1)C1(C(C)C)C=CC2(C)CC1. The number of rotatable bonds is 2. The minimum Gasteiger partial charge on any atom is -0.0814 e. The summed E-state index contributed by atoms with van der Waals surface area (Å²) in [6.07, 6.45) is 12.5. The first kappa shape index (κ1) is 14.7. The van der Waals surface area contributed by atoms with Crippen molar-refractivity contribution in [2.75, 3.05) is 0 Å². The Morgan fingerprint density at radius 2 is 1.65 bits per heavy atom. The number of hydrogen-bond acceptors (Lipinski definition) is 0. The molecule has 4 aliphatic rings. The third-order valence-electron chi connectivity index (χ3n) is 8.15. The van der Waals surface area contributed by atoms with Gasteiger partial charge in [0.15, 0.2) is 0 Å². The summed E-state index contributed by atoms with van der Waals surface area (Å²) in [7, 11) is 0. The molecule has 0 nitrogen and oxygen atoms in total. The summed E-state index contributed by atoms with van der Waals surface area (Å²) in [4.78, 5) is 0. The largest absolute Gasteiger partial charge is 0.0814 e. The lowest BCUT2D eigenvalue weighted by Gasteiger charge is -2.68. The Labute approximate surface area is 126 Å². The molecule has 0 saturated heterocycles. The molecule has 0 N–H and O–H groups in total. The third kappa shape index (κ3) is 1.66. The van der Waals surface area contributed by atoms with Gasteiger partial charge in [0.25, 0.3) is 0 Å². The molecule has 2 bridgehead atoms. The van der Waals surface area contributed by atoms with Crippen LogP contribution in [0.4, 0.5) is 0 Å². The van der Waals surface area contributed by atoms with E-state index in [-0.39, 0.29) is 0 Å². The Morgan fingerprint density at radius 1 is 0.950 bits per heavy atom. The van der Waals surface area contributed by atoms with Gasteiger partial charge in [-0.15, -0.1) is 0 Å². The normalized spacial score (nSPS) is 50.8. The van der Waals surface area contributed by atoms with Gasteiger partial charge in [0.1, 0.15) is 0 Å². The highest BCUT2D eigenvalue weighted by molar-refractivity contribution is 5.27. The van der Waals surface area contributed by atoms with Gasteiger partial charge in [-0.1, -0.05) is 53.7 Å². The predicted molar refractivity (Wildman–Crippen MR) is 87.5 cm³/mol. The molecule has 0 aliphatic heterocycles. The Hall–Kier alpha value is -0.260. The van der Waals surface area contributed by atoms with Crippen LogP contribution in [0.15, 0.2) is 12.2 Å². The molecule has 4 aliphatic carbocycles. The minimum absolute atomic E-state index is 0.469. The smallest absolute Gasteiger partial charge is 0.00609 e. The molecule has 4 rings (SSSR count). The molecule has 0 radical (unpaired) electrons. The van der Waals surface area contributed by atoms with Crippen LogP contribution in [-0.4, -0.2) is 0 Å². The van der Waals surface area contributed by atoms with Gasteiger partial charge >= 0.3 is 0 Å². The second kappa shape index (κ2) is 4.37. The summed E-state index contributed by atoms with van der Waals surface area (Å²) in [6.45, 7) is 15.0. The topological polar surface area (TPSA) is 0 Å². The predicted octanol–water partition coefficient (Wildman–Crippen LogP) is 6.08. The summed E-state index contributed by atoms with van der Waals surface area (Å²) in [5.41, 5.74) is 1.52. The van der Waals surface area contributed by atoms with Gasteiger partial charge in [-0.3, -0.25) is 0 Å². The summed E-state index contributed by atoms with van der Waals surface area (Å²) in [6, 6.07) is 0. The van der Waals surface area contributed by atoms with Gasteiger partial charge in [-0.25, -0.2) is 0 Å². The molecule has 0 heterocycles. The van der Waals surface area contributed by atoms with Gasteiger partial charge in [0, 0.05) is 0 Å². The highest BCUT2D eigenvalue weighted by Crippen LogP contribution is 2.71. The maximum atomic E-state index is 2.66. The van der Waals surface area contributed by atoms with Crippen molar-refractivity contribution in [2.45, 2.75) is 73.6 Å². The highest BCUT2D eigenvalue weighted by Gasteiger charge is 2.63. The molecule has 2 saturated carbocycles. The molecule has 5 atom stereocenters. The number of fused-ring (bicyclic) bond motifs is 1. The van der Waals surface area contributed by atoms with Crippen molar-refractivity contribution in [3.8, 4) is 0 Å². The van der Waals surface area contributed by atoms with Gasteiger partial charge in [0.05, 0.1) is 0 Å². The van der Waals surface area contributed by atoms with Crippen molar-refractivity contribution in [1.82, 2.24) is 0 Å². The van der Waals surface area contributed by atoms with E-state index in [9.17, 15) is 0 Å². The Bertz CT molecular complexity index is 418. The summed E-state index contributed by atoms with van der Waals surface area (Å²) >= 11 is 0. The van der Waals surface area contributed by atoms with Gasteiger partial charge in [0.2, 0.25) is 0 Å². The third-order valence-corrected chi connectivity index (χ3v) is 8.15. The second-order valence-corrected chi connectivity index (χ2v) is 9.27. The lowest BCUT2D eigenvalue weighted by atomic mass is 9.36. The Balaban J connectivity index is 2.04. The van der Waals surface area contributed by atoms with Crippen molar-refractivity contribution in [3.63, 3.8) is 0 Å². The van der Waals surface area contributed by atoms with Crippen LogP contribution < -0.4 is 0 Å². The molecule has 0 spiro atoms. The van der Waals surface area contributed by atoms with Crippen LogP contribution >= 0.6 is 0 Å². The fourth-order valence-corrected chi connectivity index (χ4v) is 6.07. The van der Waals surface area contributed by atoms with E-state index < -0.39 is 0 Å². The van der Waals surface area contributed by atoms with Crippen molar-refractivity contribution < 1.29 is 0 Å². The minimum atomic E-state index is 0.469. The van der Waals surface area contributed by atoms with Crippen LogP contribution in [0.25, 0.3) is 0 Å². The van der Waals surface area contributed by atoms with E-state index in [0.29, 0.717) is 16.2 Å². The van der Waals surface area contributed by atoms with Crippen molar-refractivity contribution in [3.05, 3.63) is 12.2 Å². The lowest BCUT2D eigenvalue weighted by Crippen LogP contribution is -2.60. The zero-order valence-corrected chi connectivity index (χ0v) is 14.5. The van der Waals surface area contributed by atoms with Crippen LogP contribution in [0, 0.1) is 39.9 Å². The molecule has 20 heavy (non-hydrogen) atoms. The van der Waals surface area contributed by atoms with Crippen LogP contribution in [0.3, 0.4) is 0 Å². The van der Waals surface area contributed by atoms with Gasteiger partial charge < -0.3 is 0 Å². The first-order valence-electron chi connectivity index (χ1n) is 8.95. The summed E-state index contributed by atoms with van der Waals surface area (Å²) < 4.78 is 0. The lowest BCUT2D eigenvalue weighted by molar-refractivity contribution is -0.146. The fraction of sp³-hybridized carbons (Fsp3) is 0.900. The summed E-state index contributed by atoms with van der Waals surface area (Å²) in [5, 5.41) is 0. The van der Waals surface area contributed by atoms with Crippen LogP contribution in [0.1, 0.15) is 73.6 Å². The molecular weight excluding hydrogens is 240 g/mol. The monoisotopic (exact) mass is 274 g/mol. The van der Waals surface area contributed by atoms with E-state index in [1.54, 1.807) is 0 Å². The van der Waals surface area contributed by atoms with Crippen molar-refractivity contribution in [2.24, 2.45) is 39.9 Å². The quantitative estimate of drug-likeness (QED) is 0.535. The maximum Gasteiger partial charge on any atom is -0.00609 e. The standard InChI is InChI=1S/C20H34/c1-14(2)16-7-8-19(6)17(13-16)20(15(3)4)11-9-18(19,5)10-12-20/h9,11,14-17H,7-8,10,12-13H2,1-6H3. The molecule has 0 aromatic rings. The molecule has 0 aromatic carbocycles. The van der Waals surface area contributed by atoms with Crippen LogP contribution in [0.5, 0.6) is 0 Å². The molecule has 0 heteroatoms. The van der Waals surface area contributed by atoms with E-state index in [1.807, 2.05) is 0 Å². The molecule has 0 aromatic heterocycles. The molecule has 0 amide bonds. The second-order valence-electron chi connectivity index (χ2n) is 9.27. The van der Waals surface area contributed by atoms with Gasteiger partial charge in [-0.05, 0) is 72.0 Å². The van der Waals surface area contributed by atoms with E-state index in [4.69, 9.17) is 0 Å². The van der Waals surface area contributed by atoms with E-state index in [1.165, 1.54) is 32.1 Å². The van der Waals surface area contributed by atoms with Crippen molar-refractivity contribution >= 4 is 0 Å². The molecule has 5 unspecified atom stereocenters. The van der Waals surface area contributed by atoms with Crippen LogP contribution in [0.2, 0.25) is 0 Å². The highest BCUT2D eigenvalue weighted by atomic mass is 14.7. The zero-order chi connectivity index (χ0) is 14.8. The van der Waals surface area contributed by atoms with E-state index in [2.05, 4.69) is 53.7 Å². The first-order valence-corrected chi connectivity index (χ1v) is 8.95. The number of hydrogen-bond donors (Lipinski definition) is 0. The maximum absolute atomic E-state index is 2.66. The van der Waals surface area contributed by atoms with Crippen molar-refractivity contribution in [1.29, 1.82) is 0 Å². The molecule has 2 fully saturated rings. The number of allylic oxidation sites excluding steroid dienone is 2. The average Bonchev–Trinajstić information content (AvgIpc) is 2.39.